The number of hydrogen-bond acceptors (Lipinski definition) is 5. The molecule has 2 aromatic heterocycles. The first-order valence-corrected chi connectivity index (χ1v) is 8.44. The van der Waals surface area contributed by atoms with Crippen molar-refractivity contribution < 1.29 is 14.3 Å². The highest BCUT2D eigenvalue weighted by atomic mass is 16.5. The second-order valence-electron chi connectivity index (χ2n) is 5.88. The predicted molar refractivity (Wildman–Crippen MR) is 97.4 cm³/mol. The molecule has 1 amide bonds. The molecule has 3 aromatic rings. The summed E-state index contributed by atoms with van der Waals surface area (Å²) in [6, 6.07) is 7.10. The average Bonchev–Trinajstić information content (AvgIpc) is 3.10. The van der Waals surface area contributed by atoms with Crippen molar-refractivity contribution >= 4 is 11.7 Å². The van der Waals surface area contributed by atoms with E-state index in [0.717, 1.165) is 17.7 Å². The number of imidazole rings is 1. The van der Waals surface area contributed by atoms with Gasteiger partial charge >= 0.3 is 0 Å². The number of aromatic nitrogens is 3. The summed E-state index contributed by atoms with van der Waals surface area (Å²) in [5, 5.41) is 3.04. The Morgan fingerprint density at radius 1 is 1.31 bits per heavy atom. The lowest BCUT2D eigenvalue weighted by Gasteiger charge is -2.16. The van der Waals surface area contributed by atoms with Gasteiger partial charge in [0.15, 0.2) is 0 Å². The van der Waals surface area contributed by atoms with Gasteiger partial charge in [0, 0.05) is 30.2 Å². The van der Waals surface area contributed by atoms with Gasteiger partial charge in [-0.05, 0) is 18.6 Å². The molecule has 0 fully saturated rings. The maximum atomic E-state index is 12.5. The van der Waals surface area contributed by atoms with Gasteiger partial charge in [-0.2, -0.15) is 0 Å². The third kappa shape index (κ3) is 3.77. The molecule has 1 aromatic carbocycles. The topological polar surface area (TPSA) is 77.8 Å². The van der Waals surface area contributed by atoms with E-state index in [1.165, 1.54) is 0 Å². The van der Waals surface area contributed by atoms with E-state index in [0.29, 0.717) is 17.3 Å². The van der Waals surface area contributed by atoms with E-state index in [9.17, 15) is 4.79 Å². The number of nitrogens with one attached hydrogen (secondary N) is 1. The summed E-state index contributed by atoms with van der Waals surface area (Å²) < 4.78 is 12.4. The number of amides is 1. The predicted octanol–water partition coefficient (Wildman–Crippen LogP) is 2.56. The van der Waals surface area contributed by atoms with Gasteiger partial charge in [0.1, 0.15) is 11.5 Å². The molecule has 7 heteroatoms. The van der Waals surface area contributed by atoms with E-state index in [4.69, 9.17) is 9.47 Å². The molecule has 0 saturated carbocycles. The number of ether oxygens (including phenoxy) is 2. The quantitative estimate of drug-likeness (QED) is 0.705. The van der Waals surface area contributed by atoms with Crippen molar-refractivity contribution in [2.24, 2.45) is 0 Å². The summed E-state index contributed by atoms with van der Waals surface area (Å²) in [6.07, 6.45) is 6.42. The summed E-state index contributed by atoms with van der Waals surface area (Å²) in [6.45, 7) is 2.01. The number of benzene rings is 1. The van der Waals surface area contributed by atoms with Crippen LogP contribution in [0, 0.1) is 0 Å². The van der Waals surface area contributed by atoms with Crippen LogP contribution >= 0.6 is 0 Å². The van der Waals surface area contributed by atoms with Crippen molar-refractivity contribution in [2.75, 3.05) is 14.2 Å². The van der Waals surface area contributed by atoms with E-state index in [2.05, 4.69) is 15.3 Å². The Labute approximate surface area is 152 Å². The number of carbonyl (C=O) groups excluding carboxylic acids is 1. The fourth-order valence-corrected chi connectivity index (χ4v) is 2.82. The van der Waals surface area contributed by atoms with Crippen molar-refractivity contribution in [2.45, 2.75) is 25.8 Å². The normalized spacial score (nSPS) is 12.0. The Morgan fingerprint density at radius 3 is 2.85 bits per heavy atom. The van der Waals surface area contributed by atoms with E-state index in [-0.39, 0.29) is 18.4 Å². The van der Waals surface area contributed by atoms with Gasteiger partial charge in [-0.15, -0.1) is 0 Å². The van der Waals surface area contributed by atoms with Crippen LogP contribution in [0.15, 0.2) is 42.9 Å². The molecule has 1 atom stereocenters. The van der Waals surface area contributed by atoms with Crippen LogP contribution in [-0.4, -0.2) is 34.5 Å². The molecule has 2 heterocycles. The van der Waals surface area contributed by atoms with E-state index in [1.807, 2.05) is 41.9 Å². The summed E-state index contributed by atoms with van der Waals surface area (Å²) >= 11 is 0. The third-order valence-corrected chi connectivity index (χ3v) is 4.20. The molecule has 0 bridgehead atoms. The summed E-state index contributed by atoms with van der Waals surface area (Å²) in [5.41, 5.74) is 1.60. The number of methoxy groups -OCH3 is 2. The van der Waals surface area contributed by atoms with Crippen LogP contribution in [0.2, 0.25) is 0 Å². The molecule has 0 spiro atoms. The molecule has 0 aliphatic rings. The largest absolute Gasteiger partial charge is 0.497 e. The van der Waals surface area contributed by atoms with Gasteiger partial charge in [0.25, 0.3) is 0 Å². The maximum absolute atomic E-state index is 12.5. The second-order valence-corrected chi connectivity index (χ2v) is 5.88. The number of carbonyl (C=O) groups is 1. The van der Waals surface area contributed by atoms with Crippen LogP contribution < -0.4 is 14.8 Å². The fourth-order valence-electron chi connectivity index (χ4n) is 2.82. The van der Waals surface area contributed by atoms with Gasteiger partial charge in [-0.25, -0.2) is 9.97 Å². The molecule has 1 N–H and O–H groups in total. The van der Waals surface area contributed by atoms with Crippen LogP contribution in [0.1, 0.15) is 30.6 Å². The molecule has 3 rings (SSSR count). The van der Waals surface area contributed by atoms with E-state index in [1.54, 1.807) is 26.5 Å². The maximum Gasteiger partial charge on any atom is 0.233 e. The van der Waals surface area contributed by atoms with Crippen molar-refractivity contribution in [3.63, 3.8) is 0 Å². The highest BCUT2D eigenvalue weighted by Gasteiger charge is 2.18. The molecule has 26 heavy (non-hydrogen) atoms. The molecule has 0 aliphatic carbocycles. The van der Waals surface area contributed by atoms with Crippen molar-refractivity contribution in [3.8, 4) is 11.5 Å². The fraction of sp³-hybridized carbons (Fsp3) is 0.316. The highest BCUT2D eigenvalue weighted by Crippen LogP contribution is 2.25. The number of fused-ring (bicyclic) bond motifs is 1. The first kappa shape index (κ1) is 17.7. The summed E-state index contributed by atoms with van der Waals surface area (Å²) in [4.78, 5) is 21.3. The Kier molecular flexibility index (Phi) is 5.36. The molecule has 0 saturated heterocycles. The first-order chi connectivity index (χ1) is 12.6. The molecular formula is C19H22N4O3. The Bertz CT molecular complexity index is 874. The van der Waals surface area contributed by atoms with Crippen LogP contribution in [-0.2, 0) is 11.2 Å². The van der Waals surface area contributed by atoms with Crippen LogP contribution in [0.5, 0.6) is 11.5 Å². The SMILES string of the molecule is CCC(NC(=O)Cc1ccc(OC)cc1OC)c1cn2cccnc2n1. The van der Waals surface area contributed by atoms with E-state index >= 15 is 0 Å². The smallest absolute Gasteiger partial charge is 0.233 e. The number of rotatable bonds is 7. The van der Waals surface area contributed by atoms with Crippen molar-refractivity contribution in [1.82, 2.24) is 19.7 Å². The molecule has 136 valence electrons. The number of nitrogens with zero attached hydrogens (tertiary/aromatic N) is 3. The lowest BCUT2D eigenvalue weighted by molar-refractivity contribution is -0.121. The minimum atomic E-state index is -0.173. The number of hydrogen-bond donors (Lipinski definition) is 1. The minimum absolute atomic E-state index is 0.0923. The van der Waals surface area contributed by atoms with Gasteiger partial charge in [-0.1, -0.05) is 13.0 Å². The summed E-state index contributed by atoms with van der Waals surface area (Å²) in [5.74, 6) is 1.84. The van der Waals surface area contributed by atoms with Crippen LogP contribution in [0.3, 0.4) is 0 Å². The Balaban J connectivity index is 1.73. The zero-order valence-corrected chi connectivity index (χ0v) is 15.1. The standard InChI is InChI=1S/C19H22N4O3/c1-4-15(16-12-23-9-5-8-20-19(23)22-16)21-18(24)10-13-6-7-14(25-2)11-17(13)26-3/h5-9,11-12,15H,4,10H2,1-3H3,(H,21,24). The lowest BCUT2D eigenvalue weighted by atomic mass is 10.1. The van der Waals surface area contributed by atoms with Gasteiger partial charge in [-0.3, -0.25) is 9.20 Å². The molecular weight excluding hydrogens is 332 g/mol. The van der Waals surface area contributed by atoms with Crippen molar-refractivity contribution in [1.29, 1.82) is 0 Å². The molecule has 1 unspecified atom stereocenters. The zero-order valence-electron chi connectivity index (χ0n) is 15.1. The monoisotopic (exact) mass is 354 g/mol. The third-order valence-electron chi connectivity index (χ3n) is 4.20. The van der Waals surface area contributed by atoms with Gasteiger partial charge in [0.2, 0.25) is 11.7 Å². The van der Waals surface area contributed by atoms with Crippen molar-refractivity contribution in [3.05, 3.63) is 54.1 Å². The second kappa shape index (κ2) is 7.86. The Morgan fingerprint density at radius 2 is 2.15 bits per heavy atom. The Hall–Kier alpha value is -3.09. The minimum Gasteiger partial charge on any atom is -0.497 e. The average molecular weight is 354 g/mol. The van der Waals surface area contributed by atoms with E-state index < -0.39 is 0 Å². The van der Waals surface area contributed by atoms with Crippen LogP contribution in [0.25, 0.3) is 5.78 Å². The lowest BCUT2D eigenvalue weighted by Crippen LogP contribution is -2.29. The molecule has 0 radical (unpaired) electrons. The van der Waals surface area contributed by atoms with Gasteiger partial charge < -0.3 is 14.8 Å². The molecule has 0 aliphatic heterocycles. The zero-order chi connectivity index (χ0) is 18.5. The van der Waals surface area contributed by atoms with Crippen LogP contribution in [0.4, 0.5) is 0 Å². The molecule has 7 nitrogen and oxygen atoms in total. The van der Waals surface area contributed by atoms with Gasteiger partial charge in [0.05, 0.1) is 32.4 Å². The highest BCUT2D eigenvalue weighted by molar-refractivity contribution is 5.79. The summed E-state index contributed by atoms with van der Waals surface area (Å²) in [7, 11) is 3.17. The first-order valence-electron chi connectivity index (χ1n) is 8.44.